The minimum absolute atomic E-state index is 0.00908. The molecule has 0 aliphatic carbocycles. The van der Waals surface area contributed by atoms with Crippen molar-refractivity contribution in [3.63, 3.8) is 0 Å². The van der Waals surface area contributed by atoms with Gasteiger partial charge in [-0.3, -0.25) is 10.1 Å². The topological polar surface area (TPSA) is 164 Å². The summed E-state index contributed by atoms with van der Waals surface area (Å²) in [6, 6.07) is 0. The first-order valence-electron chi connectivity index (χ1n) is 22.9. The molecule has 0 saturated carbocycles. The number of carboxylic acid groups (broad SMARTS) is 1. The quantitative estimate of drug-likeness (QED) is 0.200. The molecule has 9 rings (SSSR count). The van der Waals surface area contributed by atoms with Crippen molar-refractivity contribution in [3.8, 4) is 0 Å². The number of allylic oxidation sites excluding steroid dienone is 1. The van der Waals surface area contributed by atoms with Crippen LogP contribution < -0.4 is 5.32 Å². The Morgan fingerprint density at radius 2 is 1.73 bits per heavy atom. The molecule has 8 saturated heterocycles. The highest BCUT2D eigenvalue weighted by atomic mass is 16.8. The van der Waals surface area contributed by atoms with E-state index < -0.39 is 53.2 Å². The van der Waals surface area contributed by atoms with Gasteiger partial charge in [-0.05, 0) is 61.9 Å². The fourth-order valence-corrected chi connectivity index (χ4v) is 12.5. The molecule has 0 radical (unpaired) electrons. The molecule has 0 aromatic heterocycles. The number of nitrogens with one attached hydrogen (secondary N) is 1. The van der Waals surface area contributed by atoms with Gasteiger partial charge in [0.15, 0.2) is 23.1 Å². The van der Waals surface area contributed by atoms with Gasteiger partial charge in [-0.15, -0.1) is 0 Å². The third-order valence-electron chi connectivity index (χ3n) is 15.7. The fourth-order valence-electron chi connectivity index (χ4n) is 12.5. The van der Waals surface area contributed by atoms with Gasteiger partial charge in [-0.25, -0.2) is 0 Å². The van der Waals surface area contributed by atoms with E-state index in [0.717, 1.165) is 44.2 Å². The minimum atomic E-state index is -1.87. The second-order valence-corrected chi connectivity index (χ2v) is 20.2. The Morgan fingerprint density at radius 3 is 2.53 bits per heavy atom. The van der Waals surface area contributed by atoms with Crippen LogP contribution in [0.5, 0.6) is 0 Å². The van der Waals surface area contributed by atoms with Crippen LogP contribution in [-0.4, -0.2) is 112 Å². The van der Waals surface area contributed by atoms with Crippen molar-refractivity contribution >= 4 is 5.97 Å². The Bertz CT molecular complexity index is 1660. The third kappa shape index (κ3) is 7.74. The van der Waals surface area contributed by atoms with Crippen LogP contribution in [0.2, 0.25) is 0 Å². The first kappa shape index (κ1) is 42.5. The van der Waals surface area contributed by atoms with Crippen LogP contribution in [0.25, 0.3) is 0 Å². The molecule has 9 heterocycles. The summed E-state index contributed by atoms with van der Waals surface area (Å²) in [6.45, 7) is 16.2. The molecule has 4 N–H and O–H groups in total. The maximum Gasteiger partial charge on any atom is 0.303 e. The number of fused-ring (bicyclic) bond motifs is 5. The maximum atomic E-state index is 12.4. The van der Waals surface area contributed by atoms with E-state index >= 15 is 0 Å². The lowest BCUT2D eigenvalue weighted by atomic mass is 9.77. The second kappa shape index (κ2) is 15.8. The van der Waals surface area contributed by atoms with Crippen LogP contribution in [-0.2, 0) is 42.7 Å². The molecule has 3 spiro atoms. The van der Waals surface area contributed by atoms with Crippen molar-refractivity contribution in [2.24, 2.45) is 29.6 Å². The zero-order valence-corrected chi connectivity index (χ0v) is 35.7. The summed E-state index contributed by atoms with van der Waals surface area (Å²) in [5.74, 6) is -4.59. The molecule has 59 heavy (non-hydrogen) atoms. The number of rotatable bonds is 9. The summed E-state index contributed by atoms with van der Waals surface area (Å²) in [5.41, 5.74) is 0.404. The van der Waals surface area contributed by atoms with Gasteiger partial charge in [0.25, 0.3) is 0 Å². The maximum absolute atomic E-state index is 12.4. The molecular formula is C46H69NO12. The van der Waals surface area contributed by atoms with E-state index in [9.17, 15) is 15.0 Å². The summed E-state index contributed by atoms with van der Waals surface area (Å²) in [5, 5.41) is 37.2. The van der Waals surface area contributed by atoms with Gasteiger partial charge in [-0.2, -0.15) is 0 Å². The monoisotopic (exact) mass is 827 g/mol. The summed E-state index contributed by atoms with van der Waals surface area (Å²) < 4.78 is 53.9. The van der Waals surface area contributed by atoms with Gasteiger partial charge < -0.3 is 53.2 Å². The first-order valence-corrected chi connectivity index (χ1v) is 22.9. The highest BCUT2D eigenvalue weighted by Crippen LogP contribution is 2.55. The van der Waals surface area contributed by atoms with Crippen LogP contribution in [0, 0.1) is 29.6 Å². The largest absolute Gasteiger partial charge is 0.481 e. The summed E-state index contributed by atoms with van der Waals surface area (Å²) >= 11 is 0. The van der Waals surface area contributed by atoms with Crippen LogP contribution in [0.1, 0.15) is 125 Å². The van der Waals surface area contributed by atoms with Gasteiger partial charge in [0, 0.05) is 69.7 Å². The molecule has 9 aliphatic rings. The third-order valence-corrected chi connectivity index (χ3v) is 15.7. The van der Waals surface area contributed by atoms with Crippen molar-refractivity contribution in [1.82, 2.24) is 5.32 Å². The lowest BCUT2D eigenvalue weighted by molar-refractivity contribution is -0.366. The van der Waals surface area contributed by atoms with E-state index in [1.165, 1.54) is 0 Å². The summed E-state index contributed by atoms with van der Waals surface area (Å²) in [6.07, 6.45) is 13.1. The number of piperidine rings is 1. The van der Waals surface area contributed by atoms with Gasteiger partial charge in [-0.1, -0.05) is 65.5 Å². The molecule has 0 amide bonds. The predicted octanol–water partition coefficient (Wildman–Crippen LogP) is 6.01. The number of hydrogen-bond donors (Lipinski definition) is 4. The van der Waals surface area contributed by atoms with Crippen molar-refractivity contribution < 1.29 is 58.0 Å². The Labute approximate surface area is 349 Å². The second-order valence-electron chi connectivity index (χ2n) is 20.2. The number of aliphatic carboxylic acids is 1. The first-order chi connectivity index (χ1) is 28.0. The van der Waals surface area contributed by atoms with Gasteiger partial charge in [0.2, 0.25) is 0 Å². The smallest absolute Gasteiger partial charge is 0.303 e. The average molecular weight is 828 g/mol. The Kier molecular flexibility index (Phi) is 11.4. The van der Waals surface area contributed by atoms with E-state index in [0.29, 0.717) is 63.2 Å². The van der Waals surface area contributed by atoms with Gasteiger partial charge >= 0.3 is 5.97 Å². The number of carbonyl (C=O) groups is 1. The lowest BCUT2D eigenvalue weighted by Gasteiger charge is -2.52. The number of hydrogen-bond acceptors (Lipinski definition) is 12. The molecule has 9 aliphatic heterocycles. The minimum Gasteiger partial charge on any atom is -0.481 e. The SMILES string of the molecule is C=C(C[C@]12CCC[C@@H](O1)[C@@H]1OC3(C[C@@H]1O2)NC[C@@H](C)C[C@H]3C)[C@H]1O[C@@](O)([C@@H](O)[C@H]2C[C@H]3O[C@@]4(CC[C@]5(CC=C[C@@H](/C=C/CCC(=O)O)O5)O4)[C@H](C)C[C@H]3O2)[C@H](C)C[C@@H]1C. The zero-order chi connectivity index (χ0) is 41.5. The standard InChI is InChI=1S/C46H69NO12/c1-26-19-29(4)44(47-25-26)24-37-40(57-44)33-13-10-16-43(54-33,55-37)23-28(3)39-27(2)20-31(6)46(51,58-39)41(50)36-22-35-34(52-36)21-30(5)45(56-35)18-17-42(59-45)15-9-12-32(53-42)11-7-8-14-38(48)49/h7,9,11-12,26-27,29-37,39-41,47,50-51H,3,8,10,13-25H2,1-2,4-6H3,(H,48,49)/b11-7+/t26-,27-,29+,30+,31+,32+,33+,34+,35+,36+,37-,39-,40-,41-,42-,43+,44?,45+,46+/m0/s1. The van der Waals surface area contributed by atoms with Crippen molar-refractivity contribution in [2.75, 3.05) is 6.54 Å². The normalized spacial score (nSPS) is 52.3. The zero-order valence-electron chi connectivity index (χ0n) is 35.7. The Morgan fingerprint density at radius 1 is 0.915 bits per heavy atom. The summed E-state index contributed by atoms with van der Waals surface area (Å²) in [7, 11) is 0. The lowest BCUT2D eigenvalue weighted by Crippen LogP contribution is -2.61. The van der Waals surface area contributed by atoms with Crippen molar-refractivity contribution in [1.29, 1.82) is 0 Å². The molecule has 2 bridgehead atoms. The number of aliphatic hydroxyl groups excluding tert-OH is 1. The highest BCUT2D eigenvalue weighted by molar-refractivity contribution is 5.66. The molecule has 13 heteroatoms. The predicted molar refractivity (Wildman–Crippen MR) is 214 cm³/mol. The molecule has 1 unspecified atom stereocenters. The number of ether oxygens (including phenoxy) is 8. The van der Waals surface area contributed by atoms with E-state index in [1.54, 1.807) is 0 Å². The number of aliphatic hydroxyl groups is 2. The van der Waals surface area contributed by atoms with Crippen LogP contribution in [0.4, 0.5) is 0 Å². The summed E-state index contributed by atoms with van der Waals surface area (Å²) in [4.78, 5) is 10.9. The van der Waals surface area contributed by atoms with Crippen molar-refractivity contribution in [2.45, 2.75) is 208 Å². The van der Waals surface area contributed by atoms with Crippen molar-refractivity contribution in [3.05, 3.63) is 36.5 Å². The highest BCUT2D eigenvalue weighted by Gasteiger charge is 2.64. The molecule has 19 atom stereocenters. The number of carboxylic acids is 1. The molecule has 0 aromatic carbocycles. The molecule has 330 valence electrons. The fraction of sp³-hybridized carbons (Fsp3) is 0.848. The van der Waals surface area contributed by atoms with E-state index in [4.69, 9.17) is 43.0 Å². The Hall–Kier alpha value is -1.75. The molecule has 8 fully saturated rings. The van der Waals surface area contributed by atoms with Crippen LogP contribution >= 0.6 is 0 Å². The van der Waals surface area contributed by atoms with Gasteiger partial charge in [0.05, 0.1) is 42.7 Å². The Balaban J connectivity index is 0.837. The van der Waals surface area contributed by atoms with Gasteiger partial charge in [0.1, 0.15) is 17.9 Å². The van der Waals surface area contributed by atoms with Crippen LogP contribution in [0.15, 0.2) is 36.5 Å². The average Bonchev–Trinajstić information content (AvgIpc) is 3.87. The van der Waals surface area contributed by atoms with E-state index in [-0.39, 0.29) is 60.8 Å². The molecule has 13 nitrogen and oxygen atoms in total. The van der Waals surface area contributed by atoms with Crippen LogP contribution in [0.3, 0.4) is 0 Å². The van der Waals surface area contributed by atoms with E-state index in [2.05, 4.69) is 45.7 Å². The molecule has 0 aromatic rings. The molecular weight excluding hydrogens is 759 g/mol. The van der Waals surface area contributed by atoms with E-state index in [1.807, 2.05) is 25.2 Å².